The summed E-state index contributed by atoms with van der Waals surface area (Å²) < 4.78 is 68.8. The minimum atomic E-state index is -4.96. The van der Waals surface area contributed by atoms with E-state index in [4.69, 9.17) is 37.0 Å². The Morgan fingerprint density at radius 1 is 0.260 bits per heavy atom. The SMILES string of the molecule is CCCCCCCCCCCCCCCCCCCCCCCCC(=O)O[C@H](COC(=O)CCCCCCCCCCCCCCCCCCCCCC)COP(=O)(O)OC[C@@H](O)COP(=O)(O)OC[C@@H](COC(=O)CCCCCCCCCCCC)OC(=O)CCCCCCCCCCCC(C)C. The van der Waals surface area contributed by atoms with E-state index in [0.717, 1.165) is 95.8 Å². The second-order valence-corrected chi connectivity index (χ2v) is 34.0. The zero-order valence-corrected chi connectivity index (χ0v) is 70.0. The standard InChI is InChI=1S/C85H166O17P2/c1-6-9-12-15-18-21-24-26-28-30-32-34-35-37-39-41-43-45-50-55-60-65-70-84(89)101-80(75-96-83(88)69-64-59-54-49-44-42-40-38-36-33-31-29-27-25-22-19-16-13-10-7-2)76-99-103(91,92)97-72-79(86)73-98-104(93,94)100-77-81(74-95-82(87)68-63-58-53-48-23-20-17-14-11-8-3)102-85(90)71-66-61-56-51-46-47-52-57-62-67-78(4)5/h78-81,86H,6-77H2,1-5H3,(H,91,92)(H,93,94)/t79-,80-,81-/m1/s1. The van der Waals surface area contributed by atoms with Crippen LogP contribution in [-0.4, -0.2) is 96.7 Å². The van der Waals surface area contributed by atoms with Gasteiger partial charge in [0, 0.05) is 25.7 Å². The van der Waals surface area contributed by atoms with Crippen LogP contribution in [0.15, 0.2) is 0 Å². The number of hydrogen-bond donors (Lipinski definition) is 3. The van der Waals surface area contributed by atoms with Crippen molar-refractivity contribution in [1.82, 2.24) is 0 Å². The van der Waals surface area contributed by atoms with Gasteiger partial charge in [-0.15, -0.1) is 0 Å². The predicted molar refractivity (Wildman–Crippen MR) is 428 cm³/mol. The molecule has 0 aromatic rings. The Bertz CT molecular complexity index is 1980. The molecule has 0 fully saturated rings. The van der Waals surface area contributed by atoms with Crippen LogP contribution in [-0.2, 0) is 65.4 Å². The second kappa shape index (κ2) is 77.8. The normalized spacial score (nSPS) is 13.8. The number of unbranched alkanes of at least 4 members (excludes halogenated alkanes) is 57. The Morgan fingerprint density at radius 3 is 0.654 bits per heavy atom. The van der Waals surface area contributed by atoms with Crippen LogP contribution in [0.5, 0.6) is 0 Å². The molecule has 0 saturated heterocycles. The van der Waals surface area contributed by atoms with E-state index >= 15 is 0 Å². The number of phosphoric acid groups is 2. The van der Waals surface area contributed by atoms with Crippen molar-refractivity contribution in [2.24, 2.45) is 5.92 Å². The molecular weight excluding hydrogens is 1350 g/mol. The summed E-state index contributed by atoms with van der Waals surface area (Å²) in [5.74, 6) is -1.37. The molecule has 618 valence electrons. The van der Waals surface area contributed by atoms with E-state index < -0.39 is 97.5 Å². The molecule has 0 spiro atoms. The van der Waals surface area contributed by atoms with Gasteiger partial charge in [-0.1, -0.05) is 407 Å². The largest absolute Gasteiger partial charge is 0.472 e. The highest BCUT2D eigenvalue weighted by molar-refractivity contribution is 7.47. The summed E-state index contributed by atoms with van der Waals surface area (Å²) in [4.78, 5) is 73.1. The van der Waals surface area contributed by atoms with Gasteiger partial charge in [-0.25, -0.2) is 9.13 Å². The van der Waals surface area contributed by atoms with Crippen LogP contribution in [0.2, 0.25) is 0 Å². The average molecular weight is 1520 g/mol. The van der Waals surface area contributed by atoms with Gasteiger partial charge in [0.05, 0.1) is 26.4 Å². The topological polar surface area (TPSA) is 237 Å². The van der Waals surface area contributed by atoms with E-state index in [1.54, 1.807) is 0 Å². The summed E-state index contributed by atoms with van der Waals surface area (Å²) in [6.45, 7) is 7.31. The van der Waals surface area contributed by atoms with Crippen LogP contribution in [0, 0.1) is 5.92 Å². The number of carbonyl (C=O) groups is 4. The molecule has 0 bridgehead atoms. The quantitative estimate of drug-likeness (QED) is 0.0222. The van der Waals surface area contributed by atoms with Gasteiger partial charge in [0.15, 0.2) is 12.2 Å². The van der Waals surface area contributed by atoms with Crippen molar-refractivity contribution < 1.29 is 80.2 Å². The summed E-state index contributed by atoms with van der Waals surface area (Å²) in [6.07, 6.45) is 71.1. The van der Waals surface area contributed by atoms with E-state index in [-0.39, 0.29) is 25.7 Å². The molecule has 3 N–H and O–H groups in total. The summed E-state index contributed by atoms with van der Waals surface area (Å²) in [7, 11) is -9.92. The number of aliphatic hydroxyl groups excluding tert-OH is 1. The summed E-state index contributed by atoms with van der Waals surface area (Å²) in [5.41, 5.74) is 0. The number of esters is 4. The Morgan fingerprint density at radius 2 is 0.442 bits per heavy atom. The van der Waals surface area contributed by atoms with Crippen molar-refractivity contribution in [3.8, 4) is 0 Å². The van der Waals surface area contributed by atoms with Crippen molar-refractivity contribution in [2.75, 3.05) is 39.6 Å². The highest BCUT2D eigenvalue weighted by Crippen LogP contribution is 2.45. The third kappa shape index (κ3) is 78.2. The Hall–Kier alpha value is -1.94. The Labute approximate surface area is 638 Å². The smallest absolute Gasteiger partial charge is 0.462 e. The maximum Gasteiger partial charge on any atom is 0.472 e. The fourth-order valence-corrected chi connectivity index (χ4v) is 14.9. The van der Waals surface area contributed by atoms with Gasteiger partial charge in [-0.3, -0.25) is 37.3 Å². The molecule has 104 heavy (non-hydrogen) atoms. The zero-order chi connectivity index (χ0) is 76.2. The highest BCUT2D eigenvalue weighted by Gasteiger charge is 2.30. The van der Waals surface area contributed by atoms with E-state index in [0.29, 0.717) is 25.7 Å². The van der Waals surface area contributed by atoms with Gasteiger partial charge >= 0.3 is 39.5 Å². The molecule has 5 atom stereocenters. The summed E-state index contributed by atoms with van der Waals surface area (Å²) >= 11 is 0. The molecule has 0 radical (unpaired) electrons. The lowest BCUT2D eigenvalue weighted by atomic mass is 10.0. The van der Waals surface area contributed by atoms with Gasteiger partial charge < -0.3 is 33.8 Å². The van der Waals surface area contributed by atoms with Crippen molar-refractivity contribution in [1.29, 1.82) is 0 Å². The molecule has 17 nitrogen and oxygen atoms in total. The maximum atomic E-state index is 13.1. The molecule has 0 aliphatic heterocycles. The molecule has 0 aliphatic carbocycles. The second-order valence-electron chi connectivity index (χ2n) is 31.1. The van der Waals surface area contributed by atoms with Crippen molar-refractivity contribution >= 4 is 39.5 Å². The lowest BCUT2D eigenvalue weighted by Gasteiger charge is -2.21. The fraction of sp³-hybridized carbons (Fsp3) is 0.953. The lowest BCUT2D eigenvalue weighted by molar-refractivity contribution is -0.161. The van der Waals surface area contributed by atoms with Crippen LogP contribution in [0.3, 0.4) is 0 Å². The van der Waals surface area contributed by atoms with Gasteiger partial charge in [-0.05, 0) is 31.6 Å². The number of rotatable bonds is 85. The van der Waals surface area contributed by atoms with Crippen LogP contribution >= 0.6 is 15.6 Å². The van der Waals surface area contributed by atoms with Crippen LogP contribution in [0.25, 0.3) is 0 Å². The van der Waals surface area contributed by atoms with E-state index in [1.807, 2.05) is 0 Å². The van der Waals surface area contributed by atoms with Crippen LogP contribution < -0.4 is 0 Å². The number of hydrogen-bond acceptors (Lipinski definition) is 15. The van der Waals surface area contributed by atoms with E-state index in [1.165, 1.54) is 283 Å². The van der Waals surface area contributed by atoms with Gasteiger partial charge in [-0.2, -0.15) is 0 Å². The molecule has 0 aromatic heterocycles. The van der Waals surface area contributed by atoms with Gasteiger partial charge in [0.2, 0.25) is 0 Å². The van der Waals surface area contributed by atoms with E-state index in [9.17, 15) is 43.2 Å². The molecule has 0 heterocycles. The van der Waals surface area contributed by atoms with Crippen molar-refractivity contribution in [2.45, 2.75) is 477 Å². The number of aliphatic hydroxyl groups is 1. The number of phosphoric ester groups is 2. The first-order chi connectivity index (χ1) is 50.5. The van der Waals surface area contributed by atoms with Crippen molar-refractivity contribution in [3.63, 3.8) is 0 Å². The summed E-state index contributed by atoms with van der Waals surface area (Å²) in [6, 6.07) is 0. The molecular formula is C85H166O17P2. The minimum absolute atomic E-state index is 0.106. The number of ether oxygens (including phenoxy) is 4. The van der Waals surface area contributed by atoms with Gasteiger partial charge in [0.1, 0.15) is 19.3 Å². The van der Waals surface area contributed by atoms with Crippen LogP contribution in [0.4, 0.5) is 0 Å². The third-order valence-electron chi connectivity index (χ3n) is 20.0. The molecule has 0 rings (SSSR count). The average Bonchev–Trinajstić information content (AvgIpc) is 0.925. The monoisotopic (exact) mass is 1520 g/mol. The fourth-order valence-electron chi connectivity index (χ4n) is 13.3. The third-order valence-corrected chi connectivity index (χ3v) is 21.9. The maximum absolute atomic E-state index is 13.1. The molecule has 0 amide bonds. The molecule has 0 aliphatic rings. The minimum Gasteiger partial charge on any atom is -0.462 e. The van der Waals surface area contributed by atoms with Crippen LogP contribution in [0.1, 0.15) is 458 Å². The van der Waals surface area contributed by atoms with Crippen molar-refractivity contribution in [3.05, 3.63) is 0 Å². The first-order valence-corrected chi connectivity index (χ1v) is 47.1. The molecule has 19 heteroatoms. The highest BCUT2D eigenvalue weighted by atomic mass is 31.2. The Kier molecular flexibility index (Phi) is 76.3. The summed E-state index contributed by atoms with van der Waals surface area (Å²) in [5, 5.41) is 10.7. The molecule has 0 aromatic carbocycles. The zero-order valence-electron chi connectivity index (χ0n) is 68.2. The molecule has 2 unspecified atom stereocenters. The predicted octanol–water partition coefficient (Wildman–Crippen LogP) is 26.0. The first-order valence-electron chi connectivity index (χ1n) is 44.1. The Balaban J connectivity index is 5.19. The molecule has 0 saturated carbocycles. The van der Waals surface area contributed by atoms with Gasteiger partial charge in [0.25, 0.3) is 0 Å². The lowest BCUT2D eigenvalue weighted by Crippen LogP contribution is -2.30. The number of carbonyl (C=O) groups excluding carboxylic acids is 4. The van der Waals surface area contributed by atoms with E-state index in [2.05, 4.69) is 34.6 Å². The first kappa shape index (κ1) is 102.